The van der Waals surface area contributed by atoms with Crippen molar-refractivity contribution in [2.75, 3.05) is 24.7 Å². The van der Waals surface area contributed by atoms with Crippen LogP contribution in [-0.4, -0.2) is 36.8 Å². The molecule has 0 aliphatic carbocycles. The highest BCUT2D eigenvalue weighted by Crippen LogP contribution is 2.45. The molecular formula is C28H30N2O4S2. The maximum Gasteiger partial charge on any atom is 0.277 e. The van der Waals surface area contributed by atoms with Gasteiger partial charge in [0, 0.05) is 11.5 Å². The molecule has 0 saturated carbocycles. The molecule has 3 aromatic carbocycles. The molecular weight excluding hydrogens is 492 g/mol. The second-order valence-corrected chi connectivity index (χ2v) is 10.9. The molecule has 0 spiro atoms. The number of nitrogens with zero attached hydrogens (tertiary/aromatic N) is 1. The first-order valence-electron chi connectivity index (χ1n) is 11.8. The SMILES string of the molecule is CCOc1cc(/C=N\NC(=O)COc2ccc(C3SCCS3)cc2)ccc1OCc1cccc(C)c1. The maximum atomic E-state index is 12.1. The van der Waals surface area contributed by atoms with Crippen LogP contribution >= 0.6 is 23.5 Å². The fourth-order valence-corrected chi connectivity index (χ4v) is 6.45. The fraction of sp³-hybridized carbons (Fsp3) is 0.286. The summed E-state index contributed by atoms with van der Waals surface area (Å²) in [4.78, 5) is 12.1. The number of carbonyl (C=O) groups is 1. The first-order chi connectivity index (χ1) is 17.6. The molecule has 1 saturated heterocycles. The third kappa shape index (κ3) is 7.70. The first-order valence-corrected chi connectivity index (χ1v) is 13.9. The van der Waals surface area contributed by atoms with Gasteiger partial charge in [-0.1, -0.05) is 42.0 Å². The van der Waals surface area contributed by atoms with Crippen molar-refractivity contribution in [3.8, 4) is 17.2 Å². The van der Waals surface area contributed by atoms with E-state index >= 15 is 0 Å². The molecule has 1 aliphatic rings. The molecule has 36 heavy (non-hydrogen) atoms. The number of ether oxygens (including phenoxy) is 3. The van der Waals surface area contributed by atoms with Gasteiger partial charge in [-0.05, 0) is 60.9 Å². The number of benzene rings is 3. The van der Waals surface area contributed by atoms with Crippen LogP contribution in [0.1, 0.15) is 33.8 Å². The zero-order valence-corrected chi connectivity index (χ0v) is 22.1. The minimum absolute atomic E-state index is 0.112. The Morgan fingerprint density at radius 3 is 2.56 bits per heavy atom. The van der Waals surface area contributed by atoms with E-state index in [2.05, 4.69) is 41.7 Å². The number of hydrogen-bond donors (Lipinski definition) is 1. The Bertz CT molecular complexity index is 1180. The van der Waals surface area contributed by atoms with Crippen LogP contribution in [0.5, 0.6) is 17.2 Å². The van der Waals surface area contributed by atoms with Crippen molar-refractivity contribution in [1.82, 2.24) is 5.43 Å². The van der Waals surface area contributed by atoms with Crippen LogP contribution < -0.4 is 19.6 Å². The molecule has 0 atom stereocenters. The number of hydrazone groups is 1. The normalized spacial score (nSPS) is 13.6. The molecule has 4 rings (SSSR count). The van der Waals surface area contributed by atoms with Gasteiger partial charge in [0.25, 0.3) is 5.91 Å². The van der Waals surface area contributed by atoms with Crippen LogP contribution in [0, 0.1) is 6.92 Å². The summed E-state index contributed by atoms with van der Waals surface area (Å²) < 4.78 is 17.8. The largest absolute Gasteiger partial charge is 0.490 e. The van der Waals surface area contributed by atoms with Gasteiger partial charge < -0.3 is 14.2 Å². The summed E-state index contributed by atoms with van der Waals surface area (Å²) in [5, 5.41) is 4.05. The van der Waals surface area contributed by atoms with E-state index in [0.717, 1.165) is 11.1 Å². The average molecular weight is 523 g/mol. The Labute approximate surface area is 220 Å². The van der Waals surface area contributed by atoms with Gasteiger partial charge in [0.1, 0.15) is 12.4 Å². The summed E-state index contributed by atoms with van der Waals surface area (Å²) in [6.45, 7) is 4.83. The number of aryl methyl sites for hydroxylation is 1. The van der Waals surface area contributed by atoms with Crippen LogP contribution in [-0.2, 0) is 11.4 Å². The molecule has 1 amide bonds. The molecule has 1 fully saturated rings. The van der Waals surface area contributed by atoms with Gasteiger partial charge in [-0.2, -0.15) is 5.10 Å². The van der Waals surface area contributed by atoms with Crippen LogP contribution in [0.2, 0.25) is 0 Å². The smallest absolute Gasteiger partial charge is 0.277 e. The first kappa shape index (κ1) is 26.0. The number of rotatable bonds is 11. The van der Waals surface area contributed by atoms with Crippen LogP contribution in [0.25, 0.3) is 0 Å². The molecule has 8 heteroatoms. The lowest BCUT2D eigenvalue weighted by Crippen LogP contribution is -2.24. The lowest BCUT2D eigenvalue weighted by molar-refractivity contribution is -0.123. The van der Waals surface area contributed by atoms with Gasteiger partial charge in [-0.15, -0.1) is 23.5 Å². The second kappa shape index (κ2) is 13.3. The van der Waals surface area contributed by atoms with E-state index in [-0.39, 0.29) is 12.5 Å². The highest BCUT2D eigenvalue weighted by molar-refractivity contribution is 8.19. The molecule has 0 radical (unpaired) electrons. The lowest BCUT2D eigenvalue weighted by atomic mass is 10.1. The number of nitrogens with one attached hydrogen (secondary N) is 1. The molecule has 1 heterocycles. The number of carbonyl (C=O) groups excluding carboxylic acids is 1. The Morgan fingerprint density at radius 1 is 1.00 bits per heavy atom. The van der Waals surface area contributed by atoms with Gasteiger partial charge >= 0.3 is 0 Å². The van der Waals surface area contributed by atoms with E-state index in [1.807, 2.05) is 72.9 Å². The monoisotopic (exact) mass is 522 g/mol. The molecule has 1 N–H and O–H groups in total. The topological polar surface area (TPSA) is 69.2 Å². The zero-order valence-electron chi connectivity index (χ0n) is 20.4. The van der Waals surface area contributed by atoms with Crippen LogP contribution in [0.4, 0.5) is 0 Å². The Kier molecular flexibility index (Phi) is 9.58. The predicted octanol–water partition coefficient (Wildman–Crippen LogP) is 5.98. The summed E-state index contributed by atoms with van der Waals surface area (Å²) in [7, 11) is 0. The van der Waals surface area contributed by atoms with Crippen molar-refractivity contribution in [3.63, 3.8) is 0 Å². The van der Waals surface area contributed by atoms with E-state index in [1.54, 1.807) is 6.21 Å². The van der Waals surface area contributed by atoms with E-state index in [9.17, 15) is 4.79 Å². The van der Waals surface area contributed by atoms with E-state index in [0.29, 0.717) is 35.0 Å². The lowest BCUT2D eigenvalue weighted by Gasteiger charge is -2.13. The van der Waals surface area contributed by atoms with Gasteiger partial charge in [0.15, 0.2) is 18.1 Å². The quantitative estimate of drug-likeness (QED) is 0.247. The van der Waals surface area contributed by atoms with Crippen LogP contribution in [0.15, 0.2) is 71.8 Å². The van der Waals surface area contributed by atoms with Crippen LogP contribution in [0.3, 0.4) is 0 Å². The molecule has 0 aromatic heterocycles. The third-order valence-corrected chi connectivity index (χ3v) is 8.40. The van der Waals surface area contributed by atoms with Gasteiger partial charge in [-0.25, -0.2) is 5.43 Å². The third-order valence-electron chi connectivity index (χ3n) is 5.29. The second-order valence-electron chi connectivity index (χ2n) is 8.14. The Morgan fingerprint density at radius 2 is 1.81 bits per heavy atom. The highest BCUT2D eigenvalue weighted by Gasteiger charge is 2.18. The fourth-order valence-electron chi connectivity index (χ4n) is 3.59. The van der Waals surface area contributed by atoms with Gasteiger partial charge in [-0.3, -0.25) is 4.79 Å². The highest BCUT2D eigenvalue weighted by atomic mass is 32.2. The number of hydrogen-bond acceptors (Lipinski definition) is 7. The van der Waals surface area contributed by atoms with Crippen molar-refractivity contribution >= 4 is 35.6 Å². The van der Waals surface area contributed by atoms with Gasteiger partial charge in [0.2, 0.25) is 0 Å². The van der Waals surface area contributed by atoms with E-state index in [4.69, 9.17) is 14.2 Å². The summed E-state index contributed by atoms with van der Waals surface area (Å²) in [6.07, 6.45) is 1.57. The van der Waals surface area contributed by atoms with Crippen molar-refractivity contribution in [2.45, 2.75) is 25.0 Å². The van der Waals surface area contributed by atoms with Crippen molar-refractivity contribution in [1.29, 1.82) is 0 Å². The van der Waals surface area contributed by atoms with Gasteiger partial charge in [0.05, 0.1) is 17.4 Å². The summed E-state index contributed by atoms with van der Waals surface area (Å²) in [5.74, 6) is 3.99. The van der Waals surface area contributed by atoms with Crippen molar-refractivity contribution in [3.05, 3.63) is 89.0 Å². The average Bonchev–Trinajstić information content (AvgIpc) is 3.43. The minimum atomic E-state index is -0.333. The molecule has 1 aliphatic heterocycles. The molecule has 3 aromatic rings. The van der Waals surface area contributed by atoms with Crippen molar-refractivity contribution < 1.29 is 19.0 Å². The van der Waals surface area contributed by atoms with E-state index < -0.39 is 0 Å². The molecule has 0 unspecified atom stereocenters. The predicted molar refractivity (Wildman–Crippen MR) is 148 cm³/mol. The standard InChI is InChI=1S/C28H30N2O4S2/c1-3-32-26-16-21(7-12-25(26)34-18-22-6-4-5-20(2)15-22)17-29-30-27(31)19-33-24-10-8-23(9-11-24)28-35-13-14-36-28/h4-12,15-17,28H,3,13-14,18-19H2,1-2H3,(H,30,31)/b29-17-. The molecule has 188 valence electrons. The minimum Gasteiger partial charge on any atom is -0.490 e. The summed E-state index contributed by atoms with van der Waals surface area (Å²) in [6, 6.07) is 21.7. The number of amides is 1. The molecule has 0 bridgehead atoms. The Balaban J connectivity index is 1.26. The van der Waals surface area contributed by atoms with E-state index in [1.165, 1.54) is 22.6 Å². The summed E-state index contributed by atoms with van der Waals surface area (Å²) in [5.41, 5.74) is 6.84. The maximum absolute atomic E-state index is 12.1. The summed E-state index contributed by atoms with van der Waals surface area (Å²) >= 11 is 3.92. The number of thioether (sulfide) groups is 2. The Hall–Kier alpha value is -3.10. The zero-order chi connectivity index (χ0) is 25.2. The van der Waals surface area contributed by atoms with Crippen molar-refractivity contribution in [2.24, 2.45) is 5.10 Å². The molecule has 6 nitrogen and oxygen atoms in total.